The van der Waals surface area contributed by atoms with E-state index in [1.54, 1.807) is 6.07 Å². The number of carbonyl (C=O) groups excluding carboxylic acids is 2. The summed E-state index contributed by atoms with van der Waals surface area (Å²) < 4.78 is 6.02. The molecule has 0 aromatic heterocycles. The molecule has 1 unspecified atom stereocenters. The van der Waals surface area contributed by atoms with Gasteiger partial charge in [0.2, 0.25) is 0 Å². The van der Waals surface area contributed by atoms with Crippen LogP contribution in [0.15, 0.2) is 69.6 Å². The molecule has 31 heavy (non-hydrogen) atoms. The van der Waals surface area contributed by atoms with E-state index in [0.29, 0.717) is 23.4 Å². The molecule has 1 heterocycles. The number of rotatable bonds is 3. The van der Waals surface area contributed by atoms with Gasteiger partial charge in [0.1, 0.15) is 5.82 Å². The van der Waals surface area contributed by atoms with Gasteiger partial charge >= 0.3 is 5.97 Å². The van der Waals surface area contributed by atoms with E-state index in [1.165, 1.54) is 7.11 Å². The molecule has 1 aliphatic heterocycles. The first-order chi connectivity index (χ1) is 14.8. The second kappa shape index (κ2) is 8.52. The maximum absolute atomic E-state index is 13.2. The van der Waals surface area contributed by atoms with Gasteiger partial charge in [-0.25, -0.2) is 4.79 Å². The van der Waals surface area contributed by atoms with Crippen LogP contribution in [-0.4, -0.2) is 18.9 Å². The molecule has 2 aromatic rings. The third kappa shape index (κ3) is 3.68. The van der Waals surface area contributed by atoms with Crippen LogP contribution < -0.4 is 10.6 Å². The van der Waals surface area contributed by atoms with Crippen LogP contribution in [-0.2, 0) is 14.3 Å². The van der Waals surface area contributed by atoms with Gasteiger partial charge in [-0.2, -0.15) is 0 Å². The summed E-state index contributed by atoms with van der Waals surface area (Å²) in [5, 5.41) is 0.587. The van der Waals surface area contributed by atoms with Crippen molar-refractivity contribution in [2.45, 2.75) is 32.1 Å². The van der Waals surface area contributed by atoms with Gasteiger partial charge in [0.25, 0.3) is 0 Å². The number of allylic oxidation sites excluding steroid dienone is 2. The Hall–Kier alpha value is -2.57. The van der Waals surface area contributed by atoms with Gasteiger partial charge in [-0.15, -0.1) is 0 Å². The molecule has 160 valence electrons. The lowest BCUT2D eigenvalue weighted by Gasteiger charge is -2.41. The van der Waals surface area contributed by atoms with Crippen LogP contribution in [0.25, 0.3) is 0 Å². The average molecular weight is 502 g/mol. The second-order valence-electron chi connectivity index (χ2n) is 7.63. The molecule has 2 N–H and O–H groups in total. The van der Waals surface area contributed by atoms with Gasteiger partial charge in [-0.1, -0.05) is 45.7 Å². The molecule has 0 saturated carbocycles. The standard InChI is InChI=1S/C24H22BrClN2O3/c1-13-16(26)5-3-6-17(13)28-18-7-4-8-19(29)21(18)20(14-9-11-15(25)12-10-14)22(23(28)27)24(30)31-2/h3,5-6,9-12,20H,4,7-8,27H2,1-2H3. The van der Waals surface area contributed by atoms with Crippen LogP contribution in [0.1, 0.15) is 36.3 Å². The SMILES string of the molecule is COC(=O)C1=C(N)N(c2cccc(Cl)c2C)C2=C(C(=O)CCC2)C1c1ccc(Br)cc1. The molecule has 1 aliphatic carbocycles. The Bertz CT molecular complexity index is 1140. The third-order valence-electron chi connectivity index (χ3n) is 5.88. The van der Waals surface area contributed by atoms with Crippen molar-refractivity contribution in [1.82, 2.24) is 0 Å². The number of carbonyl (C=O) groups is 2. The predicted molar refractivity (Wildman–Crippen MR) is 125 cm³/mol. The molecule has 0 fully saturated rings. The zero-order valence-electron chi connectivity index (χ0n) is 17.2. The van der Waals surface area contributed by atoms with E-state index in [1.807, 2.05) is 48.2 Å². The fraction of sp³-hybridized carbons (Fsp3) is 0.250. The van der Waals surface area contributed by atoms with Crippen LogP contribution in [0.5, 0.6) is 0 Å². The van der Waals surface area contributed by atoms with Crippen LogP contribution in [0.4, 0.5) is 5.69 Å². The largest absolute Gasteiger partial charge is 0.466 e. The van der Waals surface area contributed by atoms with Crippen LogP contribution in [0.3, 0.4) is 0 Å². The number of Topliss-reactive ketones (excluding diaryl/α,β-unsaturated/α-hetero) is 1. The normalized spacial score (nSPS) is 18.9. The predicted octanol–water partition coefficient (Wildman–Crippen LogP) is 5.37. The minimum absolute atomic E-state index is 0.0211. The highest BCUT2D eigenvalue weighted by Crippen LogP contribution is 2.47. The minimum atomic E-state index is -0.584. The molecule has 2 aromatic carbocycles. The van der Waals surface area contributed by atoms with Gasteiger partial charge in [-0.3, -0.25) is 9.69 Å². The lowest BCUT2D eigenvalue weighted by atomic mass is 9.75. The first-order valence-corrected chi connectivity index (χ1v) is 11.2. The summed E-state index contributed by atoms with van der Waals surface area (Å²) in [5.41, 5.74) is 10.7. The summed E-state index contributed by atoms with van der Waals surface area (Å²) in [6.45, 7) is 1.90. The van der Waals surface area contributed by atoms with Crippen molar-refractivity contribution < 1.29 is 14.3 Å². The number of nitrogens with two attached hydrogens (primary N) is 1. The van der Waals surface area contributed by atoms with Crippen molar-refractivity contribution >= 4 is 45.0 Å². The smallest absolute Gasteiger partial charge is 0.338 e. The number of esters is 1. The number of halogens is 2. The Morgan fingerprint density at radius 1 is 1.19 bits per heavy atom. The fourth-order valence-corrected chi connectivity index (χ4v) is 4.83. The minimum Gasteiger partial charge on any atom is -0.466 e. The summed E-state index contributed by atoms with van der Waals surface area (Å²) in [6.07, 6.45) is 1.83. The molecule has 4 rings (SSSR count). The van der Waals surface area contributed by atoms with E-state index >= 15 is 0 Å². The first kappa shape index (κ1) is 21.7. The van der Waals surface area contributed by atoms with Gasteiger partial charge in [0.05, 0.1) is 24.3 Å². The number of hydrogen-bond donors (Lipinski definition) is 1. The summed E-state index contributed by atoms with van der Waals surface area (Å²) in [6, 6.07) is 13.1. The number of benzene rings is 2. The molecule has 0 saturated heterocycles. The lowest BCUT2D eigenvalue weighted by Crippen LogP contribution is -2.41. The summed E-state index contributed by atoms with van der Waals surface area (Å²) >= 11 is 9.83. The molecular formula is C24H22BrClN2O3. The highest BCUT2D eigenvalue weighted by Gasteiger charge is 2.43. The number of ether oxygens (including phenoxy) is 1. The zero-order valence-corrected chi connectivity index (χ0v) is 19.6. The van der Waals surface area contributed by atoms with E-state index in [-0.39, 0.29) is 17.2 Å². The van der Waals surface area contributed by atoms with Crippen molar-refractivity contribution in [3.8, 4) is 0 Å². The quantitative estimate of drug-likeness (QED) is 0.573. The van der Waals surface area contributed by atoms with Gasteiger partial charge in [-0.05, 0) is 55.2 Å². The Morgan fingerprint density at radius 2 is 1.90 bits per heavy atom. The van der Waals surface area contributed by atoms with Gasteiger partial charge < -0.3 is 10.5 Å². The topological polar surface area (TPSA) is 72.6 Å². The maximum atomic E-state index is 13.2. The highest BCUT2D eigenvalue weighted by molar-refractivity contribution is 9.10. The number of hydrogen-bond acceptors (Lipinski definition) is 5. The maximum Gasteiger partial charge on any atom is 0.338 e. The molecule has 1 atom stereocenters. The summed E-state index contributed by atoms with van der Waals surface area (Å²) in [5.74, 6) is -0.856. The van der Waals surface area contributed by atoms with Crippen molar-refractivity contribution in [3.05, 3.63) is 85.8 Å². The van der Waals surface area contributed by atoms with Crippen molar-refractivity contribution in [3.63, 3.8) is 0 Å². The molecule has 7 heteroatoms. The van der Waals surface area contributed by atoms with Gasteiger partial charge in [0, 0.05) is 27.2 Å². The van der Waals surface area contributed by atoms with E-state index in [9.17, 15) is 9.59 Å². The number of methoxy groups -OCH3 is 1. The van der Waals surface area contributed by atoms with Crippen molar-refractivity contribution in [2.75, 3.05) is 12.0 Å². The lowest BCUT2D eigenvalue weighted by molar-refractivity contribution is -0.136. The molecule has 0 bridgehead atoms. The Morgan fingerprint density at radius 3 is 2.58 bits per heavy atom. The van der Waals surface area contributed by atoms with Crippen molar-refractivity contribution in [1.29, 1.82) is 0 Å². The van der Waals surface area contributed by atoms with Crippen LogP contribution in [0, 0.1) is 6.92 Å². The fourth-order valence-electron chi connectivity index (χ4n) is 4.40. The third-order valence-corrected chi connectivity index (χ3v) is 6.82. The molecule has 0 radical (unpaired) electrons. The molecule has 0 spiro atoms. The van der Waals surface area contributed by atoms with Crippen molar-refractivity contribution in [2.24, 2.45) is 5.73 Å². The van der Waals surface area contributed by atoms with E-state index < -0.39 is 11.9 Å². The molecular weight excluding hydrogens is 480 g/mol. The Kier molecular flexibility index (Phi) is 5.95. The number of nitrogens with zero attached hydrogens (tertiary/aromatic N) is 1. The monoisotopic (exact) mass is 500 g/mol. The molecule has 5 nitrogen and oxygen atoms in total. The van der Waals surface area contributed by atoms with Crippen LogP contribution >= 0.6 is 27.5 Å². The molecule has 2 aliphatic rings. The number of ketones is 1. The molecule has 0 amide bonds. The van der Waals surface area contributed by atoms with Gasteiger partial charge in [0.15, 0.2) is 5.78 Å². The van der Waals surface area contributed by atoms with E-state index in [2.05, 4.69) is 15.9 Å². The van der Waals surface area contributed by atoms with Crippen LogP contribution in [0.2, 0.25) is 5.02 Å². The average Bonchev–Trinajstić information content (AvgIpc) is 2.76. The highest BCUT2D eigenvalue weighted by atomic mass is 79.9. The van der Waals surface area contributed by atoms with E-state index in [4.69, 9.17) is 22.1 Å². The Balaban J connectivity index is 2.03. The summed E-state index contributed by atoms with van der Waals surface area (Å²) in [4.78, 5) is 28.0. The zero-order chi connectivity index (χ0) is 22.3. The summed E-state index contributed by atoms with van der Waals surface area (Å²) in [7, 11) is 1.32. The second-order valence-corrected chi connectivity index (χ2v) is 8.95. The first-order valence-electron chi connectivity index (χ1n) is 10.00. The van der Waals surface area contributed by atoms with E-state index in [0.717, 1.165) is 33.4 Å². The number of anilines is 1. The Labute approximate surface area is 194 Å².